The van der Waals surface area contributed by atoms with E-state index in [1.54, 1.807) is 6.33 Å². The maximum Gasteiger partial charge on any atom is 0.132 e. The first-order valence-corrected chi connectivity index (χ1v) is 9.57. The minimum Gasteiger partial charge on any atom is -0.356 e. The molecule has 0 bridgehead atoms. The summed E-state index contributed by atoms with van der Waals surface area (Å²) in [4.78, 5) is 19.9. The third kappa shape index (κ3) is 3.84. The summed E-state index contributed by atoms with van der Waals surface area (Å²) in [7, 11) is 2.04. The van der Waals surface area contributed by atoms with Crippen molar-refractivity contribution in [1.29, 1.82) is 0 Å². The van der Waals surface area contributed by atoms with Crippen LogP contribution < -0.4 is 4.90 Å². The third-order valence-corrected chi connectivity index (χ3v) is 5.56. The number of hydrogen-bond donors (Lipinski definition) is 0. The lowest BCUT2D eigenvalue weighted by atomic mass is 9.90. The highest BCUT2D eigenvalue weighted by atomic mass is 15.2. The molecule has 1 aliphatic heterocycles. The zero-order valence-electron chi connectivity index (χ0n) is 16.3. The molecule has 1 aliphatic rings. The van der Waals surface area contributed by atoms with Crippen molar-refractivity contribution in [3.05, 3.63) is 54.0 Å². The normalized spacial score (nSPS) is 15.3. The summed E-state index contributed by atoms with van der Waals surface area (Å²) in [5.74, 6) is 2.76. The van der Waals surface area contributed by atoms with E-state index >= 15 is 0 Å². The number of aryl methyl sites for hydroxylation is 2. The number of pyridine rings is 1. The Morgan fingerprint density at radius 2 is 1.85 bits per heavy atom. The Morgan fingerprint density at radius 1 is 1.04 bits per heavy atom. The van der Waals surface area contributed by atoms with E-state index in [0.717, 1.165) is 48.2 Å². The molecule has 140 valence electrons. The molecule has 0 N–H and O–H groups in total. The Morgan fingerprint density at radius 3 is 2.56 bits per heavy atom. The molecule has 0 unspecified atom stereocenters. The molecule has 6 nitrogen and oxygen atoms in total. The second kappa shape index (κ2) is 7.47. The first-order valence-electron chi connectivity index (χ1n) is 9.57. The summed E-state index contributed by atoms with van der Waals surface area (Å²) >= 11 is 0. The van der Waals surface area contributed by atoms with Crippen molar-refractivity contribution in [2.75, 3.05) is 18.0 Å². The summed E-state index contributed by atoms with van der Waals surface area (Å²) in [6, 6.07) is 6.44. The highest BCUT2D eigenvalue weighted by Crippen LogP contribution is 2.26. The molecule has 0 spiro atoms. The lowest BCUT2D eigenvalue weighted by Gasteiger charge is -2.33. The average Bonchev–Trinajstić information content (AvgIpc) is 3.01. The van der Waals surface area contributed by atoms with Crippen LogP contribution in [0.3, 0.4) is 0 Å². The monoisotopic (exact) mass is 362 g/mol. The molecule has 3 aromatic rings. The first kappa shape index (κ1) is 17.6. The fourth-order valence-electron chi connectivity index (χ4n) is 3.79. The number of imidazole rings is 1. The standard InChI is InChI=1S/C21H26N6/c1-15-10-21(25-14-24-15)27-8-5-17(6-9-27)11-18-4-7-22-19(12-18)20-13-23-16(2)26(20)3/h4,7,10,12-14,17H,5-6,8-9,11H2,1-3H3. The molecule has 0 radical (unpaired) electrons. The van der Waals surface area contributed by atoms with E-state index in [1.165, 1.54) is 18.4 Å². The Bertz CT molecular complexity index is 924. The number of anilines is 1. The predicted octanol–water partition coefficient (Wildman–Crippen LogP) is 3.35. The second-order valence-electron chi connectivity index (χ2n) is 7.45. The maximum absolute atomic E-state index is 4.55. The van der Waals surface area contributed by atoms with Crippen molar-refractivity contribution in [3.63, 3.8) is 0 Å². The van der Waals surface area contributed by atoms with Gasteiger partial charge in [0.2, 0.25) is 0 Å². The Hall–Kier alpha value is -2.76. The van der Waals surface area contributed by atoms with Crippen LogP contribution in [0.15, 0.2) is 36.9 Å². The van der Waals surface area contributed by atoms with E-state index in [4.69, 9.17) is 0 Å². The van der Waals surface area contributed by atoms with Gasteiger partial charge < -0.3 is 9.47 Å². The summed E-state index contributed by atoms with van der Waals surface area (Å²) in [5.41, 5.74) is 4.46. The van der Waals surface area contributed by atoms with Crippen LogP contribution in [0.1, 0.15) is 29.9 Å². The highest BCUT2D eigenvalue weighted by molar-refractivity contribution is 5.55. The summed E-state index contributed by atoms with van der Waals surface area (Å²) in [6.45, 7) is 6.14. The summed E-state index contributed by atoms with van der Waals surface area (Å²) < 4.78 is 2.09. The largest absolute Gasteiger partial charge is 0.356 e. The SMILES string of the molecule is Cc1cc(N2CCC(Cc3ccnc(-c4cnc(C)n4C)c3)CC2)ncn1. The Kier molecular flexibility index (Phi) is 4.88. The van der Waals surface area contributed by atoms with Crippen LogP contribution in [0.25, 0.3) is 11.4 Å². The lowest BCUT2D eigenvalue weighted by Crippen LogP contribution is -2.34. The van der Waals surface area contributed by atoms with Gasteiger partial charge in [-0.1, -0.05) is 0 Å². The van der Waals surface area contributed by atoms with Gasteiger partial charge >= 0.3 is 0 Å². The van der Waals surface area contributed by atoms with Crippen LogP contribution in [0.5, 0.6) is 0 Å². The van der Waals surface area contributed by atoms with E-state index < -0.39 is 0 Å². The number of rotatable bonds is 4. The average molecular weight is 362 g/mol. The smallest absolute Gasteiger partial charge is 0.132 e. The fourth-order valence-corrected chi connectivity index (χ4v) is 3.79. The van der Waals surface area contributed by atoms with Crippen molar-refractivity contribution in [1.82, 2.24) is 24.5 Å². The van der Waals surface area contributed by atoms with Crippen LogP contribution in [-0.4, -0.2) is 37.6 Å². The van der Waals surface area contributed by atoms with Gasteiger partial charge in [0.1, 0.15) is 18.0 Å². The molecule has 1 fully saturated rings. The number of nitrogens with zero attached hydrogens (tertiary/aromatic N) is 6. The van der Waals surface area contributed by atoms with Crippen LogP contribution in [0, 0.1) is 19.8 Å². The van der Waals surface area contributed by atoms with Gasteiger partial charge in [0.05, 0.1) is 17.6 Å². The van der Waals surface area contributed by atoms with Crippen LogP contribution in [-0.2, 0) is 13.5 Å². The number of hydrogen-bond acceptors (Lipinski definition) is 5. The fraction of sp³-hybridized carbons (Fsp3) is 0.429. The van der Waals surface area contributed by atoms with E-state index in [9.17, 15) is 0 Å². The minimum atomic E-state index is 0.702. The van der Waals surface area contributed by atoms with E-state index in [1.807, 2.05) is 33.3 Å². The quantitative estimate of drug-likeness (QED) is 0.712. The van der Waals surface area contributed by atoms with Crippen molar-refractivity contribution < 1.29 is 0 Å². The van der Waals surface area contributed by atoms with Crippen LogP contribution >= 0.6 is 0 Å². The predicted molar refractivity (Wildman–Crippen MR) is 107 cm³/mol. The Labute approximate surface area is 160 Å². The van der Waals surface area contributed by atoms with Crippen LogP contribution in [0.4, 0.5) is 5.82 Å². The molecule has 0 aromatic carbocycles. The van der Waals surface area contributed by atoms with Gasteiger partial charge in [-0.2, -0.15) is 0 Å². The molecule has 0 amide bonds. The zero-order valence-corrected chi connectivity index (χ0v) is 16.3. The first-order chi connectivity index (χ1) is 13.1. The molecule has 0 saturated carbocycles. The summed E-state index contributed by atoms with van der Waals surface area (Å²) in [6.07, 6.45) is 8.96. The molecule has 1 saturated heterocycles. The molecule has 4 rings (SSSR count). The van der Waals surface area contributed by atoms with Crippen molar-refractivity contribution in [3.8, 4) is 11.4 Å². The lowest BCUT2D eigenvalue weighted by molar-refractivity contribution is 0.402. The van der Waals surface area contributed by atoms with Gasteiger partial charge in [0, 0.05) is 38.1 Å². The van der Waals surface area contributed by atoms with E-state index in [-0.39, 0.29) is 0 Å². The van der Waals surface area contributed by atoms with Gasteiger partial charge in [-0.3, -0.25) is 4.98 Å². The van der Waals surface area contributed by atoms with Gasteiger partial charge in [0.15, 0.2) is 0 Å². The van der Waals surface area contributed by atoms with Crippen molar-refractivity contribution >= 4 is 5.82 Å². The molecule has 4 heterocycles. The molecular formula is C21H26N6. The Balaban J connectivity index is 1.41. The molecule has 27 heavy (non-hydrogen) atoms. The van der Waals surface area contributed by atoms with Gasteiger partial charge in [0.25, 0.3) is 0 Å². The highest BCUT2D eigenvalue weighted by Gasteiger charge is 2.21. The summed E-state index contributed by atoms with van der Waals surface area (Å²) in [5, 5.41) is 0. The molecular weight excluding hydrogens is 336 g/mol. The van der Waals surface area contributed by atoms with E-state index in [0.29, 0.717) is 5.92 Å². The number of piperidine rings is 1. The second-order valence-corrected chi connectivity index (χ2v) is 7.45. The van der Waals surface area contributed by atoms with Crippen molar-refractivity contribution in [2.45, 2.75) is 33.1 Å². The third-order valence-electron chi connectivity index (χ3n) is 5.56. The molecule has 0 aliphatic carbocycles. The van der Waals surface area contributed by atoms with Crippen molar-refractivity contribution in [2.24, 2.45) is 13.0 Å². The van der Waals surface area contributed by atoms with Crippen LogP contribution in [0.2, 0.25) is 0 Å². The molecule has 3 aromatic heterocycles. The molecule has 0 atom stereocenters. The zero-order chi connectivity index (χ0) is 18.8. The molecule has 6 heteroatoms. The van der Waals surface area contributed by atoms with E-state index in [2.05, 4.69) is 47.6 Å². The van der Waals surface area contributed by atoms with Gasteiger partial charge in [-0.05, 0) is 56.7 Å². The van der Waals surface area contributed by atoms with Gasteiger partial charge in [-0.15, -0.1) is 0 Å². The van der Waals surface area contributed by atoms with Gasteiger partial charge in [-0.25, -0.2) is 15.0 Å². The topological polar surface area (TPSA) is 59.7 Å². The maximum atomic E-state index is 4.55. The number of aromatic nitrogens is 5. The minimum absolute atomic E-state index is 0.702.